The number of carbonyl (C=O) groups excluding carboxylic acids is 1. The van der Waals surface area contributed by atoms with Crippen molar-refractivity contribution in [3.8, 4) is 0 Å². The van der Waals surface area contributed by atoms with Crippen LogP contribution in [-0.4, -0.2) is 18.7 Å². The van der Waals surface area contributed by atoms with Crippen molar-refractivity contribution in [2.24, 2.45) is 5.73 Å². The van der Waals surface area contributed by atoms with Crippen LogP contribution in [0.3, 0.4) is 0 Å². The standard InChI is InChI=1S/C9H12FNO3/c1-2-14-9(12)7(10)8(11)6-3-4-13-5-6/h3-5,7-8H,2,11H2,1H3/t7?,8-/m1/s1. The zero-order chi connectivity index (χ0) is 10.6. The van der Waals surface area contributed by atoms with E-state index in [0.717, 1.165) is 0 Å². The fourth-order valence-corrected chi connectivity index (χ4v) is 1.00. The van der Waals surface area contributed by atoms with Gasteiger partial charge >= 0.3 is 5.97 Å². The van der Waals surface area contributed by atoms with Gasteiger partial charge in [0.2, 0.25) is 6.17 Å². The molecule has 0 aliphatic carbocycles. The van der Waals surface area contributed by atoms with Gasteiger partial charge in [-0.15, -0.1) is 0 Å². The number of ether oxygens (including phenoxy) is 1. The van der Waals surface area contributed by atoms with Gasteiger partial charge in [0.05, 0.1) is 25.2 Å². The van der Waals surface area contributed by atoms with Gasteiger partial charge in [-0.05, 0) is 13.0 Å². The number of furan rings is 1. The highest BCUT2D eigenvalue weighted by Crippen LogP contribution is 2.18. The Bertz CT molecular complexity index is 286. The third-order valence-electron chi connectivity index (χ3n) is 1.76. The van der Waals surface area contributed by atoms with Gasteiger partial charge in [-0.25, -0.2) is 9.18 Å². The summed E-state index contributed by atoms with van der Waals surface area (Å²) < 4.78 is 22.5. The Kier molecular flexibility index (Phi) is 3.64. The molecule has 0 saturated carbocycles. The van der Waals surface area contributed by atoms with Crippen molar-refractivity contribution in [3.63, 3.8) is 0 Å². The first-order chi connectivity index (χ1) is 6.66. The summed E-state index contributed by atoms with van der Waals surface area (Å²) in [4.78, 5) is 11.0. The third kappa shape index (κ3) is 2.32. The molecule has 1 heterocycles. The van der Waals surface area contributed by atoms with E-state index in [9.17, 15) is 9.18 Å². The fourth-order valence-electron chi connectivity index (χ4n) is 1.00. The molecule has 1 rings (SSSR count). The molecular formula is C9H12FNO3. The molecule has 0 bridgehead atoms. The molecule has 0 saturated heterocycles. The first kappa shape index (κ1) is 10.7. The van der Waals surface area contributed by atoms with E-state index in [4.69, 9.17) is 10.2 Å². The molecule has 2 N–H and O–H groups in total. The summed E-state index contributed by atoms with van der Waals surface area (Å²) in [6.07, 6.45) is 0.816. The van der Waals surface area contributed by atoms with Gasteiger partial charge in [-0.1, -0.05) is 0 Å². The van der Waals surface area contributed by atoms with Crippen LogP contribution >= 0.6 is 0 Å². The second-order valence-corrected chi connectivity index (χ2v) is 2.74. The van der Waals surface area contributed by atoms with Crippen molar-refractivity contribution in [2.75, 3.05) is 6.61 Å². The summed E-state index contributed by atoms with van der Waals surface area (Å²) in [7, 11) is 0. The van der Waals surface area contributed by atoms with E-state index in [2.05, 4.69) is 4.74 Å². The molecule has 1 aromatic heterocycles. The van der Waals surface area contributed by atoms with Gasteiger partial charge in [0.1, 0.15) is 0 Å². The summed E-state index contributed by atoms with van der Waals surface area (Å²) in [6.45, 7) is 1.74. The van der Waals surface area contributed by atoms with Crippen LogP contribution in [0, 0.1) is 0 Å². The topological polar surface area (TPSA) is 65.5 Å². The molecule has 0 aliphatic rings. The molecule has 4 nitrogen and oxygen atoms in total. The van der Waals surface area contributed by atoms with E-state index in [1.807, 2.05) is 0 Å². The molecule has 0 spiro atoms. The Labute approximate surface area is 80.8 Å². The van der Waals surface area contributed by atoms with E-state index < -0.39 is 18.2 Å². The van der Waals surface area contributed by atoms with Gasteiger partial charge in [0.15, 0.2) is 0 Å². The lowest BCUT2D eigenvalue weighted by Gasteiger charge is -2.13. The lowest BCUT2D eigenvalue weighted by Crippen LogP contribution is -2.31. The van der Waals surface area contributed by atoms with Crippen LogP contribution in [-0.2, 0) is 9.53 Å². The van der Waals surface area contributed by atoms with E-state index in [-0.39, 0.29) is 6.61 Å². The maximum absolute atomic E-state index is 13.3. The van der Waals surface area contributed by atoms with Crippen LogP contribution in [0.2, 0.25) is 0 Å². The number of alkyl halides is 1. The van der Waals surface area contributed by atoms with Crippen LogP contribution in [0.25, 0.3) is 0 Å². The number of rotatable bonds is 4. The number of esters is 1. The van der Waals surface area contributed by atoms with Crippen LogP contribution in [0.4, 0.5) is 4.39 Å². The highest BCUT2D eigenvalue weighted by atomic mass is 19.1. The zero-order valence-electron chi connectivity index (χ0n) is 7.77. The molecule has 5 heteroatoms. The number of carbonyl (C=O) groups is 1. The van der Waals surface area contributed by atoms with Crippen molar-refractivity contribution in [1.82, 2.24) is 0 Å². The molecule has 14 heavy (non-hydrogen) atoms. The summed E-state index contributed by atoms with van der Waals surface area (Å²) in [5.41, 5.74) is 5.91. The summed E-state index contributed by atoms with van der Waals surface area (Å²) in [5, 5.41) is 0. The molecule has 78 valence electrons. The molecular weight excluding hydrogens is 189 g/mol. The molecule has 1 aromatic rings. The van der Waals surface area contributed by atoms with Gasteiger partial charge in [-0.2, -0.15) is 0 Å². The number of halogens is 1. The molecule has 0 aliphatic heterocycles. The van der Waals surface area contributed by atoms with Crippen LogP contribution in [0.5, 0.6) is 0 Å². The average molecular weight is 201 g/mol. The molecule has 0 radical (unpaired) electrons. The van der Waals surface area contributed by atoms with E-state index >= 15 is 0 Å². The van der Waals surface area contributed by atoms with Gasteiger partial charge < -0.3 is 14.9 Å². The Balaban J connectivity index is 2.61. The molecule has 0 fully saturated rings. The summed E-state index contributed by atoms with van der Waals surface area (Å²) in [6, 6.07) is 0.476. The largest absolute Gasteiger partial charge is 0.472 e. The molecule has 0 aromatic carbocycles. The minimum atomic E-state index is -1.85. The molecule has 2 atom stereocenters. The third-order valence-corrected chi connectivity index (χ3v) is 1.76. The lowest BCUT2D eigenvalue weighted by molar-refractivity contribution is -0.149. The van der Waals surface area contributed by atoms with Crippen LogP contribution < -0.4 is 5.73 Å². The maximum Gasteiger partial charge on any atom is 0.342 e. The normalized spacial score (nSPS) is 14.8. The quantitative estimate of drug-likeness (QED) is 0.743. The van der Waals surface area contributed by atoms with Gasteiger partial charge in [0.25, 0.3) is 0 Å². The number of hydrogen-bond donors (Lipinski definition) is 1. The van der Waals surface area contributed by atoms with Crippen LogP contribution in [0.15, 0.2) is 23.0 Å². The monoisotopic (exact) mass is 201 g/mol. The SMILES string of the molecule is CCOC(=O)C(F)[C@H](N)c1ccoc1. The number of hydrogen-bond acceptors (Lipinski definition) is 4. The maximum atomic E-state index is 13.3. The molecule has 0 amide bonds. The average Bonchev–Trinajstić information content (AvgIpc) is 2.68. The van der Waals surface area contributed by atoms with E-state index in [1.54, 1.807) is 6.92 Å². The fraction of sp³-hybridized carbons (Fsp3) is 0.444. The van der Waals surface area contributed by atoms with E-state index in [0.29, 0.717) is 5.56 Å². The molecule has 1 unspecified atom stereocenters. The number of nitrogens with two attached hydrogens (primary N) is 1. The smallest absolute Gasteiger partial charge is 0.342 e. The first-order valence-corrected chi connectivity index (χ1v) is 4.25. The van der Waals surface area contributed by atoms with Crippen molar-refractivity contribution in [1.29, 1.82) is 0 Å². The first-order valence-electron chi connectivity index (χ1n) is 4.25. The van der Waals surface area contributed by atoms with Crippen molar-refractivity contribution >= 4 is 5.97 Å². The van der Waals surface area contributed by atoms with Gasteiger partial charge in [-0.3, -0.25) is 0 Å². The second kappa shape index (κ2) is 4.76. The minimum absolute atomic E-state index is 0.136. The lowest BCUT2D eigenvalue weighted by atomic mass is 10.1. The summed E-state index contributed by atoms with van der Waals surface area (Å²) >= 11 is 0. The Morgan fingerprint density at radius 2 is 2.50 bits per heavy atom. The highest BCUT2D eigenvalue weighted by Gasteiger charge is 2.28. The Morgan fingerprint density at radius 3 is 3.00 bits per heavy atom. The van der Waals surface area contributed by atoms with Crippen molar-refractivity contribution in [3.05, 3.63) is 24.2 Å². The Hall–Kier alpha value is -1.36. The predicted molar refractivity (Wildman–Crippen MR) is 47.2 cm³/mol. The van der Waals surface area contributed by atoms with Crippen LogP contribution in [0.1, 0.15) is 18.5 Å². The summed E-state index contributed by atoms with van der Waals surface area (Å²) in [5.74, 6) is -0.943. The van der Waals surface area contributed by atoms with Gasteiger partial charge in [0, 0.05) is 5.56 Å². The van der Waals surface area contributed by atoms with E-state index in [1.165, 1.54) is 18.6 Å². The highest BCUT2D eigenvalue weighted by molar-refractivity contribution is 5.75. The Morgan fingerprint density at radius 1 is 1.79 bits per heavy atom. The minimum Gasteiger partial charge on any atom is -0.472 e. The van der Waals surface area contributed by atoms with Crippen molar-refractivity contribution < 1.29 is 18.3 Å². The second-order valence-electron chi connectivity index (χ2n) is 2.74. The predicted octanol–water partition coefficient (Wildman–Crippen LogP) is 1.18. The van der Waals surface area contributed by atoms with Crippen molar-refractivity contribution in [2.45, 2.75) is 19.1 Å². The zero-order valence-corrected chi connectivity index (χ0v) is 7.77.